The van der Waals surface area contributed by atoms with Crippen LogP contribution < -0.4 is 16.0 Å². The van der Waals surface area contributed by atoms with E-state index >= 15 is 0 Å². The molecule has 0 saturated heterocycles. The lowest BCUT2D eigenvalue weighted by Crippen LogP contribution is -2.55. The fourth-order valence-electron chi connectivity index (χ4n) is 9.78. The Hall–Kier alpha value is -3.34. The van der Waals surface area contributed by atoms with Crippen molar-refractivity contribution in [3.05, 3.63) is 0 Å². The highest BCUT2D eigenvalue weighted by atomic mass is 16.3. The van der Waals surface area contributed by atoms with Crippen LogP contribution in [0.25, 0.3) is 0 Å². The highest BCUT2D eigenvalue weighted by molar-refractivity contribution is 5.89. The van der Waals surface area contributed by atoms with Gasteiger partial charge in [-0.3, -0.25) is 33.7 Å². The average molecular weight is 1040 g/mol. The van der Waals surface area contributed by atoms with Crippen LogP contribution in [0.15, 0.2) is 0 Å². The van der Waals surface area contributed by atoms with Gasteiger partial charge >= 0.3 is 0 Å². The third-order valence-electron chi connectivity index (χ3n) is 13.9. The van der Waals surface area contributed by atoms with Gasteiger partial charge in [-0.15, -0.1) is 0 Å². The van der Waals surface area contributed by atoms with Gasteiger partial charge in [0.15, 0.2) is 0 Å². The van der Waals surface area contributed by atoms with Crippen LogP contribution in [-0.4, -0.2) is 167 Å². The van der Waals surface area contributed by atoms with Gasteiger partial charge in [0, 0.05) is 78.2 Å². The number of carbonyl (C=O) groups excluding carboxylic acids is 6. The molecule has 73 heavy (non-hydrogen) atoms. The van der Waals surface area contributed by atoms with Crippen molar-refractivity contribution in [3.63, 3.8) is 0 Å². The highest BCUT2D eigenvalue weighted by Gasteiger charge is 2.34. The highest BCUT2D eigenvalue weighted by Crippen LogP contribution is 2.19. The predicted octanol–water partition coefficient (Wildman–Crippen LogP) is 7.60. The molecule has 3 unspecified atom stereocenters. The second-order valence-corrected chi connectivity index (χ2v) is 21.3. The van der Waals surface area contributed by atoms with E-state index in [4.69, 9.17) is 0 Å². The molecule has 16 nitrogen and oxygen atoms in total. The van der Waals surface area contributed by atoms with Gasteiger partial charge in [-0.05, 0) is 37.0 Å². The van der Waals surface area contributed by atoms with E-state index in [9.17, 15) is 44.1 Å². The molecule has 0 aliphatic rings. The van der Waals surface area contributed by atoms with Crippen molar-refractivity contribution in [3.8, 4) is 0 Å². The number of aliphatic hydroxyl groups excluding tert-OH is 3. The molecule has 0 aromatic heterocycles. The van der Waals surface area contributed by atoms with E-state index in [2.05, 4.69) is 36.7 Å². The Labute approximate surface area is 444 Å². The van der Waals surface area contributed by atoms with E-state index in [0.29, 0.717) is 38.9 Å². The monoisotopic (exact) mass is 1040 g/mol. The fraction of sp³-hybridized carbons (Fsp3) is 0.895. The van der Waals surface area contributed by atoms with Crippen molar-refractivity contribution < 1.29 is 44.1 Å². The van der Waals surface area contributed by atoms with Gasteiger partial charge in [0.25, 0.3) is 0 Å². The van der Waals surface area contributed by atoms with Crippen molar-refractivity contribution in [1.29, 1.82) is 0 Å². The number of unbranched alkanes of at least 4 members (excludes halogenated alkanes) is 18. The number of hydrogen-bond donors (Lipinski definition) is 6. The maximum absolute atomic E-state index is 13.9. The number of aliphatic hydroxyl groups is 3. The Morgan fingerprint density at radius 1 is 0.342 bits per heavy atom. The minimum absolute atomic E-state index is 0.0484. The van der Waals surface area contributed by atoms with E-state index in [1.54, 1.807) is 0 Å². The molecule has 3 atom stereocenters. The summed E-state index contributed by atoms with van der Waals surface area (Å²) in [5.74, 6) is -2.12. The molecule has 6 amide bonds. The molecule has 6 N–H and O–H groups in total. The van der Waals surface area contributed by atoms with Crippen molar-refractivity contribution >= 4 is 35.4 Å². The van der Waals surface area contributed by atoms with Crippen LogP contribution in [0.1, 0.15) is 216 Å². The number of carbonyl (C=O) groups is 6. The van der Waals surface area contributed by atoms with E-state index < -0.39 is 18.1 Å². The van der Waals surface area contributed by atoms with Crippen molar-refractivity contribution in [2.24, 2.45) is 17.8 Å². The SMILES string of the molecule is CCCCCCCCCC(=O)N(CCO)C(C(=O)NCCN(CCNC(=O)C(C(C)C)N(CCO)C(=O)CCCCCCCCC)CCNC(=O)C(C(C)C)N(CCO)C(=O)CCCCCCCCC)C(C)C. The van der Waals surface area contributed by atoms with Gasteiger partial charge in [0.2, 0.25) is 35.4 Å². The number of nitrogens with zero attached hydrogens (tertiary/aromatic N) is 4. The molecule has 0 heterocycles. The van der Waals surface area contributed by atoms with Crippen LogP contribution in [0.5, 0.6) is 0 Å². The molecule has 0 rings (SSSR count). The molecule has 0 aliphatic heterocycles. The first-order valence-electron chi connectivity index (χ1n) is 29.3. The first-order valence-corrected chi connectivity index (χ1v) is 29.3. The van der Waals surface area contributed by atoms with Gasteiger partial charge < -0.3 is 46.0 Å². The summed E-state index contributed by atoms with van der Waals surface area (Å²) in [5, 5.41) is 39.0. The first kappa shape index (κ1) is 69.7. The first-order chi connectivity index (χ1) is 35.1. The molecule has 0 spiro atoms. The molecule has 0 aliphatic carbocycles. The topological polar surface area (TPSA) is 212 Å². The van der Waals surface area contributed by atoms with Gasteiger partial charge in [-0.1, -0.05) is 178 Å². The number of nitrogens with one attached hydrogen (secondary N) is 3. The molecule has 0 fully saturated rings. The zero-order chi connectivity index (χ0) is 54.8. The lowest BCUT2D eigenvalue weighted by molar-refractivity contribution is -0.143. The Bertz CT molecular complexity index is 1280. The van der Waals surface area contributed by atoms with E-state index in [0.717, 1.165) is 77.0 Å². The minimum atomic E-state index is -0.789. The second kappa shape index (κ2) is 44.9. The molecule has 0 radical (unpaired) electrons. The van der Waals surface area contributed by atoms with Gasteiger partial charge in [0.05, 0.1) is 19.8 Å². The lowest BCUT2D eigenvalue weighted by Gasteiger charge is -2.34. The van der Waals surface area contributed by atoms with Crippen molar-refractivity contribution in [2.75, 3.05) is 78.7 Å². The zero-order valence-corrected chi connectivity index (χ0v) is 48.0. The van der Waals surface area contributed by atoms with Crippen LogP contribution in [0.3, 0.4) is 0 Å². The molecule has 428 valence electrons. The summed E-state index contributed by atoms with van der Waals surface area (Å²) in [4.78, 5) is 89.0. The maximum atomic E-state index is 13.9. The summed E-state index contributed by atoms with van der Waals surface area (Å²) in [7, 11) is 0. The number of amides is 6. The summed E-state index contributed by atoms with van der Waals surface area (Å²) in [5.41, 5.74) is 0. The summed E-state index contributed by atoms with van der Waals surface area (Å²) >= 11 is 0. The number of hydrogen-bond acceptors (Lipinski definition) is 10. The van der Waals surface area contributed by atoms with Crippen LogP contribution in [0.4, 0.5) is 0 Å². The maximum Gasteiger partial charge on any atom is 0.243 e. The fourth-order valence-corrected chi connectivity index (χ4v) is 9.78. The summed E-state index contributed by atoms with van der Waals surface area (Å²) in [6.07, 6.45) is 23.2. The molecule has 0 aromatic carbocycles. The normalized spacial score (nSPS) is 12.8. The third kappa shape index (κ3) is 31.3. The Morgan fingerprint density at radius 2 is 0.562 bits per heavy atom. The molecule has 0 aromatic rings. The quantitative estimate of drug-likeness (QED) is 0.0329. The lowest BCUT2D eigenvalue weighted by atomic mass is 10.00. The van der Waals surface area contributed by atoms with E-state index in [1.165, 1.54) is 72.5 Å². The van der Waals surface area contributed by atoms with Gasteiger partial charge in [-0.25, -0.2) is 0 Å². The zero-order valence-electron chi connectivity index (χ0n) is 48.0. The van der Waals surface area contributed by atoms with Crippen LogP contribution in [0.2, 0.25) is 0 Å². The van der Waals surface area contributed by atoms with Crippen LogP contribution in [-0.2, 0) is 28.8 Å². The minimum Gasteiger partial charge on any atom is -0.395 e. The predicted molar refractivity (Wildman–Crippen MR) is 296 cm³/mol. The van der Waals surface area contributed by atoms with E-state index in [1.807, 2.05) is 46.4 Å². The van der Waals surface area contributed by atoms with Crippen molar-refractivity contribution in [1.82, 2.24) is 35.6 Å². The van der Waals surface area contributed by atoms with Crippen molar-refractivity contribution in [2.45, 2.75) is 235 Å². The molecular formula is C57H111N7O9. The summed E-state index contributed by atoms with van der Waals surface area (Å²) in [6.45, 7) is 18.8. The largest absolute Gasteiger partial charge is 0.395 e. The molecule has 0 bridgehead atoms. The Kier molecular flexibility index (Phi) is 42.9. The Balaban J connectivity index is 6.20. The average Bonchev–Trinajstić information content (AvgIpc) is 3.34. The molecular weight excluding hydrogens is 927 g/mol. The smallest absolute Gasteiger partial charge is 0.243 e. The van der Waals surface area contributed by atoms with E-state index in [-0.39, 0.29) is 112 Å². The Morgan fingerprint density at radius 3 is 0.767 bits per heavy atom. The van der Waals surface area contributed by atoms with Gasteiger partial charge in [0.1, 0.15) is 18.1 Å². The van der Waals surface area contributed by atoms with Crippen LogP contribution in [0, 0.1) is 17.8 Å². The summed E-state index contributed by atoms with van der Waals surface area (Å²) in [6, 6.07) is -2.37. The van der Waals surface area contributed by atoms with Gasteiger partial charge in [-0.2, -0.15) is 0 Å². The van der Waals surface area contributed by atoms with Crippen LogP contribution >= 0.6 is 0 Å². The second-order valence-electron chi connectivity index (χ2n) is 21.3. The number of rotatable bonds is 48. The molecule has 16 heteroatoms. The summed E-state index contributed by atoms with van der Waals surface area (Å²) < 4.78 is 0. The molecule has 0 saturated carbocycles. The third-order valence-corrected chi connectivity index (χ3v) is 13.9. The standard InChI is InChI=1S/C57H111N7O9/c1-10-13-16-19-22-25-28-31-49(68)62(40-43-65)52(46(4)5)55(71)58-34-37-61(38-35-59-56(72)53(47(6)7)63(41-44-66)50(69)32-29-26-23-20-17-14-11-2)39-36-60-57(73)54(48(8)9)64(42-45-67)51(70)33-30-27-24-21-18-15-12-3/h46-48,52-54,65-67H,10-45H2,1-9H3,(H,58,71)(H,59,72)(H,60,73).